The average Bonchev–Trinajstić information content (AvgIpc) is 2.88. The van der Waals surface area contributed by atoms with Crippen molar-refractivity contribution in [1.29, 1.82) is 5.26 Å². The molecule has 0 radical (unpaired) electrons. The molecule has 0 bridgehead atoms. The monoisotopic (exact) mass is 306 g/mol. The number of rotatable bonds is 1. The number of aromatic nitrogens is 3. The van der Waals surface area contributed by atoms with Crippen molar-refractivity contribution in [2.45, 2.75) is 0 Å². The normalized spacial score (nSPS) is 10.7. The van der Waals surface area contributed by atoms with Crippen molar-refractivity contribution in [2.75, 3.05) is 0 Å². The molecule has 0 spiro atoms. The van der Waals surface area contributed by atoms with E-state index in [-0.39, 0.29) is 10.7 Å². The van der Waals surface area contributed by atoms with Gasteiger partial charge in [-0.2, -0.15) is 10.4 Å². The molecule has 0 saturated heterocycles. The Bertz CT molecular complexity index is 828. The van der Waals surface area contributed by atoms with Gasteiger partial charge in [0.1, 0.15) is 22.4 Å². The van der Waals surface area contributed by atoms with Crippen molar-refractivity contribution >= 4 is 34.1 Å². The molecule has 7 heteroatoms. The van der Waals surface area contributed by atoms with Crippen LogP contribution in [0.1, 0.15) is 5.56 Å². The Morgan fingerprint density at radius 1 is 1.30 bits per heavy atom. The van der Waals surface area contributed by atoms with Crippen LogP contribution in [0.15, 0.2) is 30.6 Å². The van der Waals surface area contributed by atoms with Crippen LogP contribution in [0.4, 0.5) is 4.39 Å². The van der Waals surface area contributed by atoms with Crippen LogP contribution in [-0.2, 0) is 0 Å². The van der Waals surface area contributed by atoms with Crippen LogP contribution in [0.2, 0.25) is 10.2 Å². The number of fused-ring (bicyclic) bond motifs is 1. The quantitative estimate of drug-likeness (QED) is 0.644. The van der Waals surface area contributed by atoms with Gasteiger partial charge in [-0.05, 0) is 12.1 Å². The Labute approximate surface area is 123 Å². The third-order valence-corrected chi connectivity index (χ3v) is 3.40. The number of nitriles is 1. The maximum atomic E-state index is 13.7. The molecule has 0 N–H and O–H groups in total. The summed E-state index contributed by atoms with van der Waals surface area (Å²) in [6.45, 7) is 0. The van der Waals surface area contributed by atoms with Gasteiger partial charge < -0.3 is 0 Å². The topological polar surface area (TPSA) is 54.5 Å². The summed E-state index contributed by atoms with van der Waals surface area (Å²) in [6, 6.07) is 6.90. The third kappa shape index (κ3) is 1.90. The van der Waals surface area contributed by atoms with Gasteiger partial charge in [-0.15, -0.1) is 0 Å². The van der Waals surface area contributed by atoms with E-state index in [1.165, 1.54) is 10.9 Å². The lowest BCUT2D eigenvalue weighted by molar-refractivity contribution is 0.629. The maximum absolute atomic E-state index is 13.7. The third-order valence-electron chi connectivity index (χ3n) is 2.79. The molecule has 3 aromatic rings. The zero-order valence-corrected chi connectivity index (χ0v) is 11.3. The number of benzene rings is 1. The second kappa shape index (κ2) is 4.75. The van der Waals surface area contributed by atoms with Crippen molar-refractivity contribution in [3.05, 3.63) is 52.1 Å². The lowest BCUT2D eigenvalue weighted by Gasteiger charge is -2.05. The van der Waals surface area contributed by atoms with Crippen molar-refractivity contribution in [1.82, 2.24) is 14.8 Å². The minimum Gasteiger partial charge on any atom is -0.241 e. The Morgan fingerprint density at radius 2 is 2.10 bits per heavy atom. The van der Waals surface area contributed by atoms with E-state index in [0.717, 1.165) is 6.20 Å². The number of hydrogen-bond acceptors (Lipinski definition) is 3. The summed E-state index contributed by atoms with van der Waals surface area (Å²) >= 11 is 12.0. The Kier molecular flexibility index (Phi) is 3.05. The van der Waals surface area contributed by atoms with Crippen LogP contribution in [0.3, 0.4) is 0 Å². The maximum Gasteiger partial charge on any atom is 0.169 e. The largest absolute Gasteiger partial charge is 0.241 e. The van der Waals surface area contributed by atoms with Crippen LogP contribution >= 0.6 is 23.2 Å². The van der Waals surface area contributed by atoms with Crippen molar-refractivity contribution in [3.63, 3.8) is 0 Å². The predicted octanol–water partition coefficient (Wildman–Crippen LogP) is 3.74. The highest BCUT2D eigenvalue weighted by molar-refractivity contribution is 6.34. The van der Waals surface area contributed by atoms with E-state index in [1.54, 1.807) is 18.2 Å². The molecule has 2 heterocycles. The first kappa shape index (κ1) is 12.9. The van der Waals surface area contributed by atoms with Gasteiger partial charge in [-0.3, -0.25) is 0 Å². The lowest BCUT2D eigenvalue weighted by atomic mass is 10.2. The molecular weight excluding hydrogens is 302 g/mol. The SMILES string of the molecule is N#Cc1cccc(Cl)c1-n1cc2c(Cl)ncc(F)c2n1. The van der Waals surface area contributed by atoms with Crippen LogP contribution in [0.25, 0.3) is 16.6 Å². The fourth-order valence-electron chi connectivity index (χ4n) is 1.90. The fourth-order valence-corrected chi connectivity index (χ4v) is 2.35. The number of halogens is 3. The standard InChI is InChI=1S/C13H5Cl2FN4/c14-9-3-1-2-7(4-17)12(9)20-6-8-11(19-20)10(16)5-18-13(8)15/h1-3,5-6H. The van der Waals surface area contributed by atoms with Crippen molar-refractivity contribution in [3.8, 4) is 11.8 Å². The molecule has 0 atom stereocenters. The lowest BCUT2D eigenvalue weighted by Crippen LogP contribution is -1.99. The molecule has 0 aliphatic heterocycles. The van der Waals surface area contributed by atoms with E-state index in [2.05, 4.69) is 10.1 Å². The Balaban J connectivity index is 2.35. The smallest absolute Gasteiger partial charge is 0.169 e. The average molecular weight is 307 g/mol. The second-order valence-corrected chi connectivity index (χ2v) is 4.75. The molecule has 0 fully saturated rings. The summed E-state index contributed by atoms with van der Waals surface area (Å²) in [6.07, 6.45) is 2.50. The Morgan fingerprint density at radius 3 is 2.80 bits per heavy atom. The first-order valence-corrected chi connectivity index (χ1v) is 6.26. The van der Waals surface area contributed by atoms with Gasteiger partial charge in [-0.25, -0.2) is 14.1 Å². The summed E-state index contributed by atoms with van der Waals surface area (Å²) in [5.74, 6) is -0.589. The highest BCUT2D eigenvalue weighted by atomic mass is 35.5. The minimum atomic E-state index is -0.589. The summed E-state index contributed by atoms with van der Waals surface area (Å²) in [5, 5.41) is 14.0. The van der Waals surface area contributed by atoms with E-state index in [9.17, 15) is 4.39 Å². The number of para-hydroxylation sites is 1. The van der Waals surface area contributed by atoms with Gasteiger partial charge in [0.2, 0.25) is 0 Å². The van der Waals surface area contributed by atoms with E-state index < -0.39 is 5.82 Å². The number of hydrogen-bond donors (Lipinski definition) is 0. The van der Waals surface area contributed by atoms with E-state index in [0.29, 0.717) is 21.7 Å². The molecule has 1 aromatic carbocycles. The molecule has 98 valence electrons. The molecule has 0 aliphatic carbocycles. The van der Waals surface area contributed by atoms with E-state index >= 15 is 0 Å². The van der Waals surface area contributed by atoms with E-state index in [1.807, 2.05) is 6.07 Å². The fraction of sp³-hybridized carbons (Fsp3) is 0. The molecule has 0 unspecified atom stereocenters. The summed E-state index contributed by atoms with van der Waals surface area (Å²) < 4.78 is 15.0. The van der Waals surface area contributed by atoms with Gasteiger partial charge >= 0.3 is 0 Å². The van der Waals surface area contributed by atoms with Gasteiger partial charge in [0.15, 0.2) is 5.82 Å². The highest BCUT2D eigenvalue weighted by Crippen LogP contribution is 2.28. The highest BCUT2D eigenvalue weighted by Gasteiger charge is 2.15. The number of pyridine rings is 1. The molecule has 0 amide bonds. The van der Waals surface area contributed by atoms with Crippen molar-refractivity contribution < 1.29 is 4.39 Å². The van der Waals surface area contributed by atoms with Crippen LogP contribution in [0.5, 0.6) is 0 Å². The van der Waals surface area contributed by atoms with Gasteiger partial charge in [0.05, 0.1) is 22.2 Å². The predicted molar refractivity (Wildman–Crippen MR) is 73.6 cm³/mol. The summed E-state index contributed by atoms with van der Waals surface area (Å²) in [5.41, 5.74) is 0.784. The molecule has 2 aromatic heterocycles. The van der Waals surface area contributed by atoms with Crippen LogP contribution in [-0.4, -0.2) is 14.8 Å². The Hall–Kier alpha value is -2.16. The molecular formula is C13H5Cl2FN4. The molecule has 0 saturated carbocycles. The molecule has 20 heavy (non-hydrogen) atoms. The summed E-state index contributed by atoms with van der Waals surface area (Å²) in [4.78, 5) is 3.72. The van der Waals surface area contributed by atoms with Crippen LogP contribution < -0.4 is 0 Å². The zero-order valence-electron chi connectivity index (χ0n) is 9.81. The van der Waals surface area contributed by atoms with Crippen LogP contribution in [0, 0.1) is 17.1 Å². The summed E-state index contributed by atoms with van der Waals surface area (Å²) in [7, 11) is 0. The molecule has 4 nitrogen and oxygen atoms in total. The van der Waals surface area contributed by atoms with Crippen molar-refractivity contribution in [2.24, 2.45) is 0 Å². The minimum absolute atomic E-state index is 0.0776. The zero-order chi connectivity index (χ0) is 14.3. The van der Waals surface area contributed by atoms with Gasteiger partial charge in [-0.1, -0.05) is 29.3 Å². The second-order valence-electron chi connectivity index (χ2n) is 3.98. The first-order valence-electron chi connectivity index (χ1n) is 5.50. The molecule has 3 rings (SSSR count). The van der Waals surface area contributed by atoms with Gasteiger partial charge in [0.25, 0.3) is 0 Å². The van der Waals surface area contributed by atoms with Gasteiger partial charge in [0, 0.05) is 6.20 Å². The first-order chi connectivity index (χ1) is 9.61. The number of nitrogens with zero attached hydrogens (tertiary/aromatic N) is 4. The molecule has 0 aliphatic rings. The van der Waals surface area contributed by atoms with E-state index in [4.69, 9.17) is 28.5 Å².